The summed E-state index contributed by atoms with van der Waals surface area (Å²) in [6.07, 6.45) is -0.514. The maximum atomic E-state index is 12.0. The number of rotatable bonds is 4. The summed E-state index contributed by atoms with van der Waals surface area (Å²) in [5.41, 5.74) is 0.173. The van der Waals surface area contributed by atoms with Gasteiger partial charge in [0, 0.05) is 6.42 Å². The molecule has 1 saturated heterocycles. The van der Waals surface area contributed by atoms with E-state index in [2.05, 4.69) is 0 Å². The second kappa shape index (κ2) is 6.00. The zero-order valence-electron chi connectivity index (χ0n) is 11.0. The van der Waals surface area contributed by atoms with Crippen molar-refractivity contribution in [3.8, 4) is 11.5 Å². The minimum Gasteiger partial charge on any atom is -0.493 e. The number of carbonyl (C=O) groups excluding carboxylic acids is 2. The number of hydrogen-bond acceptors (Lipinski definition) is 6. The lowest BCUT2D eigenvalue weighted by Crippen LogP contribution is -2.22. The number of ether oxygens (including phenoxy) is 4. The lowest BCUT2D eigenvalue weighted by Gasteiger charge is -2.12. The molecule has 1 aliphatic heterocycles. The lowest BCUT2D eigenvalue weighted by atomic mass is 10.2. The summed E-state index contributed by atoms with van der Waals surface area (Å²) in [4.78, 5) is 23.2. The van der Waals surface area contributed by atoms with Gasteiger partial charge in [-0.1, -0.05) is 11.6 Å². The lowest BCUT2D eigenvalue weighted by molar-refractivity contribution is -0.145. The van der Waals surface area contributed by atoms with Crippen molar-refractivity contribution in [3.63, 3.8) is 0 Å². The third-order valence-corrected chi connectivity index (χ3v) is 3.09. The highest BCUT2D eigenvalue weighted by Crippen LogP contribution is 2.36. The molecule has 0 amide bonds. The second-order valence-electron chi connectivity index (χ2n) is 4.04. The third-order valence-electron chi connectivity index (χ3n) is 2.81. The summed E-state index contributed by atoms with van der Waals surface area (Å²) in [5.74, 6) is -0.575. The number of methoxy groups -OCH3 is 2. The number of benzene rings is 1. The molecule has 7 heteroatoms. The Bertz CT molecular complexity index is 542. The molecule has 0 N–H and O–H groups in total. The highest BCUT2D eigenvalue weighted by Gasteiger charge is 2.31. The minimum absolute atomic E-state index is 0.173. The normalized spacial score (nSPS) is 17.6. The predicted molar refractivity (Wildman–Crippen MR) is 69.3 cm³/mol. The Kier molecular flexibility index (Phi) is 4.34. The van der Waals surface area contributed by atoms with Crippen LogP contribution in [0.15, 0.2) is 12.1 Å². The zero-order chi connectivity index (χ0) is 14.7. The first kappa shape index (κ1) is 14.5. The van der Waals surface area contributed by atoms with Crippen molar-refractivity contribution in [2.24, 2.45) is 0 Å². The van der Waals surface area contributed by atoms with Crippen molar-refractivity contribution < 1.29 is 28.5 Å². The minimum atomic E-state index is -0.866. The summed E-state index contributed by atoms with van der Waals surface area (Å²) in [6.45, 7) is 0.253. The van der Waals surface area contributed by atoms with Gasteiger partial charge in [-0.15, -0.1) is 0 Å². The van der Waals surface area contributed by atoms with Gasteiger partial charge in [-0.05, 0) is 12.1 Å². The van der Waals surface area contributed by atoms with Crippen LogP contribution in [0.4, 0.5) is 0 Å². The average Bonchev–Trinajstić information content (AvgIpc) is 2.83. The molecule has 1 heterocycles. The maximum Gasteiger partial charge on any atom is 0.347 e. The van der Waals surface area contributed by atoms with Crippen LogP contribution in [0.1, 0.15) is 16.8 Å². The van der Waals surface area contributed by atoms with Gasteiger partial charge in [-0.2, -0.15) is 0 Å². The summed E-state index contributed by atoms with van der Waals surface area (Å²) in [6, 6.07) is 2.83. The van der Waals surface area contributed by atoms with Crippen molar-refractivity contribution in [1.82, 2.24) is 0 Å². The van der Waals surface area contributed by atoms with Crippen LogP contribution >= 0.6 is 11.6 Å². The number of cyclic esters (lactones) is 1. The summed E-state index contributed by atoms with van der Waals surface area (Å²) in [5, 5.41) is 0.216. The van der Waals surface area contributed by atoms with Crippen molar-refractivity contribution in [1.29, 1.82) is 0 Å². The molecule has 0 aliphatic carbocycles. The monoisotopic (exact) mass is 300 g/mol. The van der Waals surface area contributed by atoms with Crippen LogP contribution in [0, 0.1) is 0 Å². The molecule has 0 aromatic heterocycles. The highest BCUT2D eigenvalue weighted by atomic mass is 35.5. The Morgan fingerprint density at radius 1 is 1.35 bits per heavy atom. The summed E-state index contributed by atoms with van der Waals surface area (Å²) < 4.78 is 19.9. The standard InChI is InChI=1S/C13H13ClO6/c1-17-10-6-7(5-8(14)11(10)18-2)12(15)20-9-3-4-19-13(9)16/h5-6,9H,3-4H2,1-2H3/t9-/m1/s1. The first-order valence-corrected chi connectivity index (χ1v) is 6.23. The Hall–Kier alpha value is -1.95. The van der Waals surface area contributed by atoms with E-state index in [0.29, 0.717) is 17.9 Å². The molecule has 1 aromatic carbocycles. The van der Waals surface area contributed by atoms with Gasteiger partial charge in [0.1, 0.15) is 0 Å². The van der Waals surface area contributed by atoms with Crippen LogP contribution in [0.3, 0.4) is 0 Å². The molecule has 6 nitrogen and oxygen atoms in total. The van der Waals surface area contributed by atoms with Gasteiger partial charge in [0.15, 0.2) is 11.5 Å². The molecule has 0 unspecified atom stereocenters. The fourth-order valence-electron chi connectivity index (χ4n) is 1.82. The molecule has 0 saturated carbocycles. The van der Waals surface area contributed by atoms with E-state index in [4.69, 9.17) is 30.5 Å². The molecule has 1 aliphatic rings. The Morgan fingerprint density at radius 3 is 2.65 bits per heavy atom. The Labute approximate surface area is 120 Å². The largest absolute Gasteiger partial charge is 0.493 e. The highest BCUT2D eigenvalue weighted by molar-refractivity contribution is 6.32. The van der Waals surface area contributed by atoms with Gasteiger partial charge in [-0.3, -0.25) is 0 Å². The fraction of sp³-hybridized carbons (Fsp3) is 0.385. The SMILES string of the molecule is COc1cc(C(=O)O[C@@H]2CCOC2=O)cc(Cl)c1OC. The molecular weight excluding hydrogens is 288 g/mol. The van der Waals surface area contributed by atoms with Crippen LogP contribution < -0.4 is 9.47 Å². The number of halogens is 1. The second-order valence-corrected chi connectivity index (χ2v) is 4.45. The maximum absolute atomic E-state index is 12.0. The van der Waals surface area contributed by atoms with Crippen LogP contribution in [-0.2, 0) is 14.3 Å². The molecule has 0 bridgehead atoms. The first-order chi connectivity index (χ1) is 9.56. The molecule has 108 valence electrons. The van der Waals surface area contributed by atoms with Gasteiger partial charge >= 0.3 is 11.9 Å². The predicted octanol–water partition coefficient (Wildman–Crippen LogP) is 1.83. The molecular formula is C13H13ClO6. The quantitative estimate of drug-likeness (QED) is 0.790. The average molecular weight is 301 g/mol. The Balaban J connectivity index is 2.21. The molecule has 0 spiro atoms. The van der Waals surface area contributed by atoms with E-state index < -0.39 is 18.0 Å². The van der Waals surface area contributed by atoms with E-state index in [1.54, 1.807) is 0 Å². The topological polar surface area (TPSA) is 71.1 Å². The number of carbonyl (C=O) groups is 2. The van der Waals surface area contributed by atoms with Gasteiger partial charge in [0.2, 0.25) is 6.10 Å². The molecule has 1 atom stereocenters. The molecule has 1 fully saturated rings. The molecule has 20 heavy (non-hydrogen) atoms. The fourth-order valence-corrected chi connectivity index (χ4v) is 2.11. The Morgan fingerprint density at radius 2 is 2.10 bits per heavy atom. The van der Waals surface area contributed by atoms with E-state index in [-0.39, 0.29) is 17.2 Å². The van der Waals surface area contributed by atoms with E-state index in [0.717, 1.165) is 0 Å². The number of esters is 2. The van der Waals surface area contributed by atoms with Gasteiger partial charge in [0.05, 0.1) is 31.4 Å². The van der Waals surface area contributed by atoms with E-state index in [1.165, 1.54) is 26.4 Å². The summed E-state index contributed by atoms with van der Waals surface area (Å²) in [7, 11) is 2.87. The van der Waals surface area contributed by atoms with Crippen molar-refractivity contribution in [3.05, 3.63) is 22.7 Å². The van der Waals surface area contributed by atoms with Crippen molar-refractivity contribution >= 4 is 23.5 Å². The van der Waals surface area contributed by atoms with Crippen molar-refractivity contribution in [2.75, 3.05) is 20.8 Å². The zero-order valence-corrected chi connectivity index (χ0v) is 11.7. The van der Waals surface area contributed by atoms with Crippen LogP contribution in [-0.4, -0.2) is 38.9 Å². The smallest absolute Gasteiger partial charge is 0.347 e. The summed E-state index contributed by atoms with van der Waals surface area (Å²) >= 11 is 6.00. The van der Waals surface area contributed by atoms with Gasteiger partial charge in [-0.25, -0.2) is 9.59 Å². The third kappa shape index (κ3) is 2.80. The molecule has 2 rings (SSSR count). The molecule has 0 radical (unpaired) electrons. The van der Waals surface area contributed by atoms with Crippen molar-refractivity contribution in [2.45, 2.75) is 12.5 Å². The van der Waals surface area contributed by atoms with Gasteiger partial charge < -0.3 is 18.9 Å². The van der Waals surface area contributed by atoms with Crippen LogP contribution in [0.5, 0.6) is 11.5 Å². The van der Waals surface area contributed by atoms with E-state index in [9.17, 15) is 9.59 Å². The van der Waals surface area contributed by atoms with Crippen LogP contribution in [0.25, 0.3) is 0 Å². The number of hydrogen-bond donors (Lipinski definition) is 0. The first-order valence-electron chi connectivity index (χ1n) is 5.86. The van der Waals surface area contributed by atoms with E-state index in [1.807, 2.05) is 0 Å². The van der Waals surface area contributed by atoms with Crippen LogP contribution in [0.2, 0.25) is 5.02 Å². The molecule has 1 aromatic rings. The van der Waals surface area contributed by atoms with E-state index >= 15 is 0 Å². The van der Waals surface area contributed by atoms with Gasteiger partial charge in [0.25, 0.3) is 0 Å².